The van der Waals surface area contributed by atoms with Crippen molar-refractivity contribution in [2.45, 2.75) is 49.1 Å². The van der Waals surface area contributed by atoms with Crippen LogP contribution in [0.1, 0.15) is 49.1 Å². The molecule has 1 atom stereocenters. The highest BCUT2D eigenvalue weighted by Gasteiger charge is 2.19. The van der Waals surface area contributed by atoms with Crippen LogP contribution < -0.4 is 5.73 Å². The summed E-state index contributed by atoms with van der Waals surface area (Å²) in [6, 6.07) is -0.284. The highest BCUT2D eigenvalue weighted by molar-refractivity contribution is 7.99. The van der Waals surface area contributed by atoms with Gasteiger partial charge in [0.25, 0.3) is 0 Å². The van der Waals surface area contributed by atoms with Gasteiger partial charge in [0.1, 0.15) is 0 Å². The summed E-state index contributed by atoms with van der Waals surface area (Å²) >= 11 is 1.93. The maximum Gasteiger partial charge on any atom is 0.243 e. The van der Waals surface area contributed by atoms with Crippen LogP contribution in [0.4, 0.5) is 0 Å². The normalized spacial score (nSPS) is 17.6. The summed E-state index contributed by atoms with van der Waals surface area (Å²) in [6.45, 7) is 0. The quantitative estimate of drug-likeness (QED) is 0.848. The molecule has 3 N–H and O–H groups in total. The Morgan fingerprint density at radius 3 is 3.05 bits per heavy atom. The van der Waals surface area contributed by atoms with Crippen molar-refractivity contribution >= 4 is 11.8 Å². The predicted molar refractivity (Wildman–Crippen MR) is 77.1 cm³/mol. The summed E-state index contributed by atoms with van der Waals surface area (Å²) in [4.78, 5) is 11.4. The summed E-state index contributed by atoms with van der Waals surface area (Å²) < 4.78 is 5.26. The zero-order chi connectivity index (χ0) is 13.8. The lowest BCUT2D eigenvalue weighted by molar-refractivity contribution is 0.350. The van der Waals surface area contributed by atoms with E-state index in [0.29, 0.717) is 12.3 Å². The Labute approximate surface area is 121 Å². The fourth-order valence-electron chi connectivity index (χ4n) is 2.44. The molecule has 2 aromatic rings. The Kier molecular flexibility index (Phi) is 4.37. The SMILES string of the molecule is N[C@@H](Cc1cnc[nH]1)c1nc(CSC2CCCC2)no1. The van der Waals surface area contributed by atoms with E-state index in [1.807, 2.05) is 11.8 Å². The van der Waals surface area contributed by atoms with E-state index in [0.717, 1.165) is 22.5 Å². The Morgan fingerprint density at radius 2 is 2.30 bits per heavy atom. The molecule has 0 unspecified atom stereocenters. The number of imidazole rings is 1. The molecule has 0 aromatic carbocycles. The second kappa shape index (κ2) is 6.41. The Bertz CT molecular complexity index is 521. The minimum atomic E-state index is -0.284. The van der Waals surface area contributed by atoms with Crippen molar-refractivity contribution in [1.82, 2.24) is 20.1 Å². The summed E-state index contributed by atoms with van der Waals surface area (Å²) in [5, 5.41) is 4.77. The molecule has 2 heterocycles. The highest BCUT2D eigenvalue weighted by Crippen LogP contribution is 2.31. The molecule has 1 aliphatic rings. The Hall–Kier alpha value is -1.34. The van der Waals surface area contributed by atoms with Crippen molar-refractivity contribution in [2.75, 3.05) is 0 Å². The van der Waals surface area contributed by atoms with Gasteiger partial charge in [0.2, 0.25) is 5.89 Å². The third kappa shape index (κ3) is 3.40. The van der Waals surface area contributed by atoms with Gasteiger partial charge in [-0.25, -0.2) is 4.98 Å². The average Bonchev–Trinajstić information content (AvgIpc) is 3.19. The lowest BCUT2D eigenvalue weighted by Crippen LogP contribution is -2.14. The van der Waals surface area contributed by atoms with Crippen molar-refractivity contribution in [1.29, 1.82) is 0 Å². The molecule has 1 saturated carbocycles. The van der Waals surface area contributed by atoms with Crippen LogP contribution in [0.15, 0.2) is 17.0 Å². The molecule has 6 nitrogen and oxygen atoms in total. The first-order chi connectivity index (χ1) is 9.81. The molecule has 7 heteroatoms. The first kappa shape index (κ1) is 13.6. The van der Waals surface area contributed by atoms with Crippen molar-refractivity contribution in [2.24, 2.45) is 5.73 Å². The standard InChI is InChI=1S/C13H19N5OS/c14-11(5-9-6-15-8-16-9)13-17-12(18-19-13)7-20-10-3-1-2-4-10/h6,8,10-11H,1-5,7,14H2,(H,15,16)/t11-/m0/s1. The van der Waals surface area contributed by atoms with Crippen molar-refractivity contribution in [3.63, 3.8) is 0 Å². The number of aromatic nitrogens is 4. The Balaban J connectivity index is 1.52. The van der Waals surface area contributed by atoms with E-state index in [4.69, 9.17) is 10.3 Å². The van der Waals surface area contributed by atoms with Gasteiger partial charge in [-0.2, -0.15) is 16.7 Å². The van der Waals surface area contributed by atoms with Crippen LogP contribution in [0.3, 0.4) is 0 Å². The molecule has 0 radical (unpaired) electrons. The van der Waals surface area contributed by atoms with E-state index in [1.54, 1.807) is 12.5 Å². The molecular formula is C13H19N5OS. The van der Waals surface area contributed by atoms with Gasteiger partial charge in [0.05, 0.1) is 18.1 Å². The average molecular weight is 293 g/mol. The smallest absolute Gasteiger partial charge is 0.243 e. The predicted octanol–water partition coefficient (Wildman–Crippen LogP) is 2.21. The van der Waals surface area contributed by atoms with Crippen molar-refractivity contribution < 1.29 is 4.52 Å². The number of thioether (sulfide) groups is 1. The topological polar surface area (TPSA) is 93.6 Å². The zero-order valence-corrected chi connectivity index (χ0v) is 12.1. The monoisotopic (exact) mass is 293 g/mol. The number of nitrogens with one attached hydrogen (secondary N) is 1. The Morgan fingerprint density at radius 1 is 1.45 bits per heavy atom. The number of hydrogen-bond donors (Lipinski definition) is 2. The minimum absolute atomic E-state index is 0.284. The number of aromatic amines is 1. The van der Waals surface area contributed by atoms with Gasteiger partial charge in [-0.1, -0.05) is 18.0 Å². The fourth-order valence-corrected chi connectivity index (χ4v) is 3.61. The third-order valence-electron chi connectivity index (χ3n) is 3.55. The largest absolute Gasteiger partial charge is 0.348 e. The molecule has 0 aliphatic heterocycles. The van der Waals surface area contributed by atoms with Crippen LogP contribution in [-0.2, 0) is 12.2 Å². The second-order valence-electron chi connectivity index (χ2n) is 5.15. The van der Waals surface area contributed by atoms with Crippen LogP contribution in [0, 0.1) is 0 Å². The molecule has 1 aliphatic carbocycles. The molecule has 0 saturated heterocycles. The summed E-state index contributed by atoms with van der Waals surface area (Å²) in [6.07, 6.45) is 9.35. The van der Waals surface area contributed by atoms with E-state index < -0.39 is 0 Å². The summed E-state index contributed by atoms with van der Waals surface area (Å²) in [7, 11) is 0. The maximum absolute atomic E-state index is 6.07. The molecule has 3 rings (SSSR count). The number of nitrogens with zero attached hydrogens (tertiary/aromatic N) is 3. The third-order valence-corrected chi connectivity index (χ3v) is 4.91. The zero-order valence-electron chi connectivity index (χ0n) is 11.3. The van der Waals surface area contributed by atoms with E-state index in [2.05, 4.69) is 20.1 Å². The number of nitrogens with two attached hydrogens (primary N) is 1. The van der Waals surface area contributed by atoms with Crippen LogP contribution in [-0.4, -0.2) is 25.4 Å². The van der Waals surface area contributed by atoms with Gasteiger partial charge >= 0.3 is 0 Å². The molecule has 2 aromatic heterocycles. The molecule has 0 bridgehead atoms. The lowest BCUT2D eigenvalue weighted by Gasteiger charge is -2.05. The molecule has 0 spiro atoms. The minimum Gasteiger partial charge on any atom is -0.348 e. The summed E-state index contributed by atoms with van der Waals surface area (Å²) in [5.74, 6) is 2.06. The molecule has 1 fully saturated rings. The van der Waals surface area contributed by atoms with Crippen molar-refractivity contribution in [3.8, 4) is 0 Å². The van der Waals surface area contributed by atoms with E-state index in [9.17, 15) is 0 Å². The fraction of sp³-hybridized carbons (Fsp3) is 0.615. The number of rotatable bonds is 6. The van der Waals surface area contributed by atoms with Gasteiger partial charge in [-0.05, 0) is 12.8 Å². The van der Waals surface area contributed by atoms with Crippen LogP contribution in [0.25, 0.3) is 0 Å². The number of H-pyrrole nitrogens is 1. The van der Waals surface area contributed by atoms with Gasteiger partial charge in [-0.15, -0.1) is 0 Å². The molecular weight excluding hydrogens is 274 g/mol. The van der Waals surface area contributed by atoms with Gasteiger partial charge < -0.3 is 15.2 Å². The first-order valence-electron chi connectivity index (χ1n) is 6.98. The number of hydrogen-bond acceptors (Lipinski definition) is 6. The second-order valence-corrected chi connectivity index (χ2v) is 6.44. The van der Waals surface area contributed by atoms with Gasteiger partial charge in [0, 0.05) is 23.6 Å². The molecule has 108 valence electrons. The van der Waals surface area contributed by atoms with Crippen molar-refractivity contribution in [3.05, 3.63) is 29.9 Å². The highest BCUT2D eigenvalue weighted by atomic mass is 32.2. The molecule has 0 amide bonds. The first-order valence-corrected chi connectivity index (χ1v) is 8.03. The van der Waals surface area contributed by atoms with E-state index in [1.165, 1.54) is 25.7 Å². The van der Waals surface area contributed by atoms with Crippen LogP contribution in [0.2, 0.25) is 0 Å². The van der Waals surface area contributed by atoms with Gasteiger partial charge in [0.15, 0.2) is 5.82 Å². The van der Waals surface area contributed by atoms with E-state index >= 15 is 0 Å². The molecule has 20 heavy (non-hydrogen) atoms. The van der Waals surface area contributed by atoms with E-state index in [-0.39, 0.29) is 6.04 Å². The maximum atomic E-state index is 6.07. The lowest BCUT2D eigenvalue weighted by atomic mass is 10.2. The van der Waals surface area contributed by atoms with Crippen LogP contribution >= 0.6 is 11.8 Å². The van der Waals surface area contributed by atoms with Gasteiger partial charge in [-0.3, -0.25) is 0 Å². The summed E-state index contributed by atoms with van der Waals surface area (Å²) in [5.41, 5.74) is 7.04. The van der Waals surface area contributed by atoms with Crippen LogP contribution in [0.5, 0.6) is 0 Å².